The molecule has 6 nitrogen and oxygen atoms in total. The number of nitrogens with zero attached hydrogens (tertiary/aromatic N) is 5. The van der Waals surface area contributed by atoms with Crippen molar-refractivity contribution in [3.05, 3.63) is 42.5 Å². The van der Waals surface area contributed by atoms with Crippen molar-refractivity contribution in [2.45, 2.75) is 31.4 Å². The number of hydrogen-bond acceptors (Lipinski definition) is 5. The summed E-state index contributed by atoms with van der Waals surface area (Å²) in [5.74, 6) is 3.36. The quantitative estimate of drug-likeness (QED) is 0.689. The van der Waals surface area contributed by atoms with Crippen LogP contribution in [0.1, 0.15) is 24.5 Å². The van der Waals surface area contributed by atoms with Gasteiger partial charge < -0.3 is 4.74 Å². The maximum atomic E-state index is 9.27. The molecule has 0 spiro atoms. The van der Waals surface area contributed by atoms with E-state index in [9.17, 15) is 5.26 Å². The Bertz CT molecular complexity index is 934. The minimum Gasteiger partial charge on any atom is -0.481 e. The zero-order valence-corrected chi connectivity index (χ0v) is 14.1. The summed E-state index contributed by atoms with van der Waals surface area (Å²) in [6.45, 7) is 0.116. The molecule has 0 aromatic carbocycles. The lowest BCUT2D eigenvalue weighted by Crippen LogP contribution is -2.21. The molecule has 0 saturated carbocycles. The van der Waals surface area contributed by atoms with E-state index >= 15 is 0 Å². The molecule has 0 amide bonds. The Morgan fingerprint density at radius 2 is 2.32 bits per heavy atom. The summed E-state index contributed by atoms with van der Waals surface area (Å²) < 4.78 is 7.26. The van der Waals surface area contributed by atoms with Crippen molar-refractivity contribution in [1.82, 2.24) is 19.6 Å². The zero-order valence-electron chi connectivity index (χ0n) is 14.1. The van der Waals surface area contributed by atoms with Crippen LogP contribution in [0.25, 0.3) is 16.8 Å². The molecule has 0 radical (unpaired) electrons. The van der Waals surface area contributed by atoms with Crippen LogP contribution in [0.4, 0.5) is 0 Å². The van der Waals surface area contributed by atoms with E-state index in [2.05, 4.69) is 16.1 Å². The van der Waals surface area contributed by atoms with E-state index in [-0.39, 0.29) is 12.6 Å². The predicted molar refractivity (Wildman–Crippen MR) is 95.7 cm³/mol. The van der Waals surface area contributed by atoms with Crippen LogP contribution in [0.5, 0.6) is 5.88 Å². The molecule has 0 aliphatic carbocycles. The fourth-order valence-corrected chi connectivity index (χ4v) is 3.61. The zero-order chi connectivity index (χ0) is 17.2. The van der Waals surface area contributed by atoms with Crippen molar-refractivity contribution in [3.63, 3.8) is 0 Å². The van der Waals surface area contributed by atoms with E-state index in [0.717, 1.165) is 47.9 Å². The van der Waals surface area contributed by atoms with Gasteiger partial charge in [-0.15, -0.1) is 0 Å². The van der Waals surface area contributed by atoms with Crippen molar-refractivity contribution in [1.29, 1.82) is 5.26 Å². The first-order chi connectivity index (χ1) is 12.3. The number of rotatable bonds is 3. The Labute approximate surface area is 146 Å². The number of pyridine rings is 1. The van der Waals surface area contributed by atoms with Gasteiger partial charge in [0, 0.05) is 35.6 Å². The fourth-order valence-electron chi connectivity index (χ4n) is 3.61. The summed E-state index contributed by atoms with van der Waals surface area (Å²) >= 11 is 0. The number of methoxy groups -OCH3 is 1. The molecule has 124 valence electrons. The van der Waals surface area contributed by atoms with Gasteiger partial charge in [0.15, 0.2) is 5.65 Å². The SMILES string of the molecule is COc1cc(C2CCCB(C#N)C2)nc2c(-c3cccnc3)cnn12. The molecule has 1 aliphatic rings. The van der Waals surface area contributed by atoms with Gasteiger partial charge >= 0.3 is 0 Å². The minimum absolute atomic E-state index is 0.116. The highest BCUT2D eigenvalue weighted by Gasteiger charge is 2.28. The largest absolute Gasteiger partial charge is 0.481 e. The van der Waals surface area contributed by atoms with Crippen LogP contribution in [0.2, 0.25) is 12.6 Å². The molecular weight excluding hydrogens is 313 g/mol. The van der Waals surface area contributed by atoms with E-state index in [4.69, 9.17) is 9.72 Å². The topological polar surface area (TPSA) is 76.1 Å². The first-order valence-corrected chi connectivity index (χ1v) is 8.53. The van der Waals surface area contributed by atoms with Gasteiger partial charge in [0.2, 0.25) is 5.88 Å². The van der Waals surface area contributed by atoms with Crippen molar-refractivity contribution >= 4 is 12.4 Å². The number of fused-ring (bicyclic) bond motifs is 1. The molecule has 1 unspecified atom stereocenters. The van der Waals surface area contributed by atoms with E-state index < -0.39 is 0 Å². The van der Waals surface area contributed by atoms with E-state index in [1.165, 1.54) is 0 Å². The molecule has 3 aromatic heterocycles. The average molecular weight is 331 g/mol. The fraction of sp³-hybridized carbons (Fsp3) is 0.333. The summed E-state index contributed by atoms with van der Waals surface area (Å²) in [4.78, 5) is 9.09. The van der Waals surface area contributed by atoms with Gasteiger partial charge in [-0.3, -0.25) is 4.98 Å². The summed E-state index contributed by atoms with van der Waals surface area (Å²) in [5, 5.41) is 13.7. The summed E-state index contributed by atoms with van der Waals surface area (Å²) in [5.41, 5.74) is 3.65. The second kappa shape index (κ2) is 6.56. The number of ether oxygens (including phenoxy) is 1. The van der Waals surface area contributed by atoms with Crippen molar-refractivity contribution in [2.75, 3.05) is 7.11 Å². The van der Waals surface area contributed by atoms with Crippen molar-refractivity contribution in [3.8, 4) is 23.0 Å². The first kappa shape index (κ1) is 15.6. The Balaban J connectivity index is 1.82. The standard InChI is InChI=1S/C18H18BN5O/c1-25-17-8-16(13-4-2-6-19(9-13)12-20)23-18-15(11-22-24(17)18)14-5-3-7-21-10-14/h3,5,7-8,10-11,13H,2,4,6,9H2,1H3. The van der Waals surface area contributed by atoms with Gasteiger partial charge in [0.1, 0.15) is 0 Å². The highest BCUT2D eigenvalue weighted by Crippen LogP contribution is 2.35. The van der Waals surface area contributed by atoms with Crippen LogP contribution in [-0.2, 0) is 0 Å². The minimum atomic E-state index is 0.116. The molecule has 3 aromatic rings. The molecule has 4 rings (SSSR count). The smallest absolute Gasteiger partial charge is 0.268 e. The Morgan fingerprint density at radius 1 is 1.40 bits per heavy atom. The maximum absolute atomic E-state index is 9.27. The lowest BCUT2D eigenvalue weighted by atomic mass is 9.41. The van der Waals surface area contributed by atoms with E-state index in [1.54, 1.807) is 24.0 Å². The molecule has 25 heavy (non-hydrogen) atoms. The molecule has 4 heterocycles. The Hall–Kier alpha value is -2.88. The molecule has 1 saturated heterocycles. The molecule has 0 N–H and O–H groups in total. The average Bonchev–Trinajstić information content (AvgIpc) is 3.12. The van der Waals surface area contributed by atoms with Crippen LogP contribution in [-0.4, -0.2) is 33.4 Å². The second-order valence-corrected chi connectivity index (χ2v) is 6.45. The Kier molecular flexibility index (Phi) is 4.10. The van der Waals surface area contributed by atoms with Crippen LogP contribution in [0.15, 0.2) is 36.8 Å². The highest BCUT2D eigenvalue weighted by atomic mass is 16.5. The first-order valence-electron chi connectivity index (χ1n) is 8.53. The maximum Gasteiger partial charge on any atom is 0.268 e. The van der Waals surface area contributed by atoms with Crippen LogP contribution in [0, 0.1) is 11.2 Å². The van der Waals surface area contributed by atoms with E-state index in [0.29, 0.717) is 5.88 Å². The second-order valence-electron chi connectivity index (χ2n) is 6.45. The molecular formula is C18H18BN5O. The summed E-state index contributed by atoms with van der Waals surface area (Å²) in [6.07, 6.45) is 9.32. The van der Waals surface area contributed by atoms with Gasteiger partial charge in [-0.2, -0.15) is 9.61 Å². The number of aromatic nitrogens is 4. The van der Waals surface area contributed by atoms with Gasteiger partial charge in [-0.1, -0.05) is 25.1 Å². The van der Waals surface area contributed by atoms with Crippen LogP contribution in [0.3, 0.4) is 0 Å². The van der Waals surface area contributed by atoms with Gasteiger partial charge in [-0.05, 0) is 18.4 Å². The van der Waals surface area contributed by atoms with Crippen molar-refractivity contribution in [2.24, 2.45) is 0 Å². The van der Waals surface area contributed by atoms with Crippen LogP contribution >= 0.6 is 0 Å². The number of hydrogen-bond donors (Lipinski definition) is 0. The highest BCUT2D eigenvalue weighted by molar-refractivity contribution is 6.67. The van der Waals surface area contributed by atoms with E-state index in [1.807, 2.05) is 24.4 Å². The third-order valence-electron chi connectivity index (χ3n) is 4.92. The predicted octanol–water partition coefficient (Wildman–Crippen LogP) is 3.23. The number of nitriles is 1. The van der Waals surface area contributed by atoms with Gasteiger partial charge in [0.25, 0.3) is 6.71 Å². The Morgan fingerprint density at radius 3 is 3.08 bits per heavy atom. The molecule has 0 bridgehead atoms. The lowest BCUT2D eigenvalue weighted by molar-refractivity contribution is 0.383. The summed E-state index contributed by atoms with van der Waals surface area (Å²) in [7, 11) is 1.64. The van der Waals surface area contributed by atoms with Crippen LogP contribution < -0.4 is 4.74 Å². The lowest BCUT2D eigenvalue weighted by Gasteiger charge is -2.23. The van der Waals surface area contributed by atoms with Crippen molar-refractivity contribution < 1.29 is 4.74 Å². The normalized spacial score (nSPS) is 17.4. The van der Waals surface area contributed by atoms with Gasteiger partial charge in [-0.25, -0.2) is 10.2 Å². The summed E-state index contributed by atoms with van der Waals surface area (Å²) in [6, 6.07) is 5.85. The van der Waals surface area contributed by atoms with Gasteiger partial charge in [0.05, 0.1) is 19.0 Å². The molecule has 7 heteroatoms. The monoisotopic (exact) mass is 331 g/mol. The third kappa shape index (κ3) is 2.84. The molecule has 1 atom stereocenters. The molecule has 1 fully saturated rings. The molecule has 1 aliphatic heterocycles. The third-order valence-corrected chi connectivity index (χ3v) is 4.92.